The first kappa shape index (κ1) is 17.2. The van der Waals surface area contributed by atoms with Crippen molar-refractivity contribution < 1.29 is 4.79 Å². The highest BCUT2D eigenvalue weighted by Gasteiger charge is 2.37. The molecule has 25 heavy (non-hydrogen) atoms. The number of hydrogen-bond donors (Lipinski definition) is 1. The van der Waals surface area contributed by atoms with Crippen molar-refractivity contribution in [1.29, 1.82) is 0 Å². The van der Waals surface area contributed by atoms with E-state index in [1.165, 1.54) is 37.4 Å². The number of rotatable bonds is 4. The summed E-state index contributed by atoms with van der Waals surface area (Å²) in [4.78, 5) is 21.9. The Balaban J connectivity index is 1.32. The first-order chi connectivity index (χ1) is 12.2. The van der Waals surface area contributed by atoms with Crippen LogP contribution in [-0.2, 0) is 7.05 Å². The number of likely N-dealkylation sites (tertiary alicyclic amines) is 1. The lowest BCUT2D eigenvalue weighted by molar-refractivity contribution is 0.122. The Bertz CT molecular complexity index is 588. The molecule has 1 aromatic heterocycles. The molecule has 138 valence electrons. The van der Waals surface area contributed by atoms with E-state index in [1.54, 1.807) is 0 Å². The Labute approximate surface area is 154 Å². The molecule has 4 rings (SSSR count). The summed E-state index contributed by atoms with van der Waals surface area (Å²) in [7, 11) is 2.01. The van der Waals surface area contributed by atoms with E-state index < -0.39 is 0 Å². The second-order valence-corrected chi connectivity index (χ2v) is 8.75. The molecule has 0 aromatic carbocycles. The lowest BCUT2D eigenvalue weighted by Crippen LogP contribution is -2.51. The van der Waals surface area contributed by atoms with Crippen LogP contribution >= 0.6 is 11.8 Å². The molecule has 0 radical (unpaired) electrons. The summed E-state index contributed by atoms with van der Waals surface area (Å²) in [6.07, 6.45) is 8.36. The van der Waals surface area contributed by atoms with Crippen LogP contribution in [0.1, 0.15) is 37.5 Å². The SMILES string of the molecule is Cn1ccnc1[C@@H](NC(=O)N1CCC(N2CCSCC2)CC1)C1CC1. The number of imidazole rings is 1. The van der Waals surface area contributed by atoms with Gasteiger partial charge in [-0.2, -0.15) is 11.8 Å². The largest absolute Gasteiger partial charge is 0.336 e. The average Bonchev–Trinajstić information content (AvgIpc) is 3.41. The van der Waals surface area contributed by atoms with Crippen molar-refractivity contribution in [3.63, 3.8) is 0 Å². The predicted octanol–water partition coefficient (Wildman–Crippen LogP) is 2.09. The fourth-order valence-electron chi connectivity index (χ4n) is 4.10. The van der Waals surface area contributed by atoms with E-state index in [9.17, 15) is 4.79 Å². The van der Waals surface area contributed by atoms with Crippen LogP contribution in [0, 0.1) is 5.92 Å². The third-order valence-electron chi connectivity index (χ3n) is 5.82. The number of piperidine rings is 1. The number of amides is 2. The van der Waals surface area contributed by atoms with Crippen LogP contribution in [0.3, 0.4) is 0 Å². The second kappa shape index (κ2) is 7.58. The van der Waals surface area contributed by atoms with Crippen LogP contribution in [0.25, 0.3) is 0 Å². The zero-order valence-corrected chi connectivity index (χ0v) is 15.9. The maximum atomic E-state index is 12.8. The molecule has 6 nitrogen and oxygen atoms in total. The van der Waals surface area contributed by atoms with Gasteiger partial charge >= 0.3 is 6.03 Å². The summed E-state index contributed by atoms with van der Waals surface area (Å²) >= 11 is 2.06. The van der Waals surface area contributed by atoms with E-state index in [4.69, 9.17) is 0 Å². The first-order valence-corrected chi connectivity index (χ1v) is 10.7. The van der Waals surface area contributed by atoms with Gasteiger partial charge in [-0.15, -0.1) is 0 Å². The Morgan fingerprint density at radius 2 is 1.92 bits per heavy atom. The van der Waals surface area contributed by atoms with Gasteiger partial charge in [-0.1, -0.05) is 0 Å². The number of urea groups is 1. The molecule has 3 fully saturated rings. The number of carbonyl (C=O) groups excluding carboxylic acids is 1. The number of carbonyl (C=O) groups is 1. The summed E-state index contributed by atoms with van der Waals surface area (Å²) < 4.78 is 2.03. The predicted molar refractivity (Wildman–Crippen MR) is 101 cm³/mol. The summed E-state index contributed by atoms with van der Waals surface area (Å²) in [5.41, 5.74) is 0. The lowest BCUT2D eigenvalue weighted by Gasteiger charge is -2.40. The monoisotopic (exact) mass is 363 g/mol. The van der Waals surface area contributed by atoms with Crippen molar-refractivity contribution in [3.05, 3.63) is 18.2 Å². The third kappa shape index (κ3) is 3.97. The van der Waals surface area contributed by atoms with Gasteiger partial charge in [0.1, 0.15) is 5.82 Å². The normalized spacial score (nSPS) is 24.3. The number of aryl methyl sites for hydroxylation is 1. The number of thioether (sulfide) groups is 1. The highest BCUT2D eigenvalue weighted by atomic mass is 32.2. The van der Waals surface area contributed by atoms with Crippen LogP contribution in [0.15, 0.2) is 12.4 Å². The minimum absolute atomic E-state index is 0.0596. The van der Waals surface area contributed by atoms with Crippen molar-refractivity contribution in [3.8, 4) is 0 Å². The molecule has 0 bridgehead atoms. The molecule has 1 aromatic rings. The van der Waals surface area contributed by atoms with Gasteiger partial charge in [-0.25, -0.2) is 9.78 Å². The van der Waals surface area contributed by atoms with Crippen molar-refractivity contribution in [2.45, 2.75) is 37.8 Å². The maximum Gasteiger partial charge on any atom is 0.317 e. The highest BCUT2D eigenvalue weighted by molar-refractivity contribution is 7.99. The zero-order valence-electron chi connectivity index (χ0n) is 15.1. The molecule has 3 heterocycles. The summed E-state index contributed by atoms with van der Waals surface area (Å²) in [5.74, 6) is 4.05. The van der Waals surface area contributed by atoms with Crippen LogP contribution < -0.4 is 5.32 Å². The molecule has 7 heteroatoms. The van der Waals surface area contributed by atoms with E-state index >= 15 is 0 Å². The van der Waals surface area contributed by atoms with E-state index in [1.807, 2.05) is 28.9 Å². The second-order valence-electron chi connectivity index (χ2n) is 7.53. The Kier molecular flexibility index (Phi) is 5.22. The van der Waals surface area contributed by atoms with Crippen molar-refractivity contribution in [1.82, 2.24) is 24.7 Å². The van der Waals surface area contributed by atoms with E-state index in [2.05, 4.69) is 27.0 Å². The van der Waals surface area contributed by atoms with Gasteiger partial charge in [0.2, 0.25) is 0 Å². The van der Waals surface area contributed by atoms with Gasteiger partial charge in [0.15, 0.2) is 0 Å². The number of nitrogens with one attached hydrogen (secondary N) is 1. The molecule has 0 unspecified atom stereocenters. The van der Waals surface area contributed by atoms with Crippen molar-refractivity contribution >= 4 is 17.8 Å². The third-order valence-corrected chi connectivity index (χ3v) is 6.77. The molecule has 2 saturated heterocycles. The van der Waals surface area contributed by atoms with Gasteiger partial charge in [-0.05, 0) is 31.6 Å². The minimum Gasteiger partial charge on any atom is -0.336 e. The van der Waals surface area contributed by atoms with Crippen molar-refractivity contribution in [2.24, 2.45) is 13.0 Å². The Hall–Kier alpha value is -1.21. The Morgan fingerprint density at radius 1 is 1.20 bits per heavy atom. The van der Waals surface area contributed by atoms with E-state index in [-0.39, 0.29) is 12.1 Å². The Morgan fingerprint density at radius 3 is 2.52 bits per heavy atom. The van der Waals surface area contributed by atoms with Gasteiger partial charge in [0.25, 0.3) is 0 Å². The molecule has 3 aliphatic rings. The van der Waals surface area contributed by atoms with E-state index in [0.29, 0.717) is 12.0 Å². The summed E-state index contributed by atoms with van der Waals surface area (Å²) in [6.45, 7) is 4.17. The molecule has 0 spiro atoms. The highest BCUT2D eigenvalue weighted by Crippen LogP contribution is 2.40. The lowest BCUT2D eigenvalue weighted by atomic mass is 10.0. The molecule has 2 aliphatic heterocycles. The summed E-state index contributed by atoms with van der Waals surface area (Å²) in [6, 6.07) is 0.815. The molecule has 1 atom stereocenters. The van der Waals surface area contributed by atoms with Gasteiger partial charge in [-0.3, -0.25) is 4.90 Å². The maximum absolute atomic E-state index is 12.8. The van der Waals surface area contributed by atoms with Crippen LogP contribution in [0.4, 0.5) is 4.79 Å². The van der Waals surface area contributed by atoms with Gasteiger partial charge < -0.3 is 14.8 Å². The number of nitrogens with zero attached hydrogens (tertiary/aromatic N) is 4. The fraction of sp³-hybridized carbons (Fsp3) is 0.778. The molecule has 1 saturated carbocycles. The molecular formula is C18H29N5OS. The quantitative estimate of drug-likeness (QED) is 0.890. The molecule has 2 amide bonds. The topological polar surface area (TPSA) is 53.4 Å². The van der Waals surface area contributed by atoms with Gasteiger partial charge in [0.05, 0.1) is 6.04 Å². The van der Waals surface area contributed by atoms with E-state index in [0.717, 1.165) is 31.8 Å². The average molecular weight is 364 g/mol. The molecule has 1 aliphatic carbocycles. The number of aromatic nitrogens is 2. The summed E-state index contributed by atoms with van der Waals surface area (Å²) in [5, 5.41) is 3.27. The molecule has 1 N–H and O–H groups in total. The number of hydrogen-bond acceptors (Lipinski definition) is 4. The fourth-order valence-corrected chi connectivity index (χ4v) is 5.03. The van der Waals surface area contributed by atoms with Gasteiger partial charge in [0, 0.05) is 63.2 Å². The standard InChI is InChI=1S/C18H29N5OS/c1-21-9-6-19-17(21)16(14-2-3-14)20-18(24)23-7-4-15(5-8-23)22-10-12-25-13-11-22/h6,9,14-16H,2-5,7-8,10-13H2,1H3,(H,20,24)/t16-/m0/s1. The molecular weight excluding hydrogens is 334 g/mol. The first-order valence-electron chi connectivity index (χ1n) is 9.57. The van der Waals surface area contributed by atoms with Crippen LogP contribution in [0.2, 0.25) is 0 Å². The van der Waals surface area contributed by atoms with Crippen LogP contribution in [-0.4, -0.2) is 69.1 Å². The zero-order chi connectivity index (χ0) is 17.2. The van der Waals surface area contributed by atoms with Crippen LogP contribution in [0.5, 0.6) is 0 Å². The smallest absolute Gasteiger partial charge is 0.317 e. The minimum atomic E-state index is 0.0596. The van der Waals surface area contributed by atoms with Crippen molar-refractivity contribution in [2.75, 3.05) is 37.7 Å².